The van der Waals surface area contributed by atoms with Crippen molar-refractivity contribution in [2.24, 2.45) is 0 Å². The zero-order chi connectivity index (χ0) is 16.4. The third kappa shape index (κ3) is 4.03. The number of thiophene rings is 1. The lowest BCUT2D eigenvalue weighted by Crippen LogP contribution is -2.49. The number of nitrogens with zero attached hydrogens (tertiary/aromatic N) is 3. The second kappa shape index (κ2) is 7.04. The van der Waals surface area contributed by atoms with E-state index in [-0.39, 0.29) is 5.91 Å². The highest BCUT2D eigenvalue weighted by atomic mass is 32.1. The Morgan fingerprint density at radius 2 is 2.08 bits per heavy atom. The summed E-state index contributed by atoms with van der Waals surface area (Å²) in [6, 6.07) is 6.53. The second-order valence-electron chi connectivity index (χ2n) is 6.55. The molecule has 0 radical (unpaired) electrons. The molecule has 1 aliphatic heterocycles. The van der Waals surface area contributed by atoms with E-state index in [9.17, 15) is 4.79 Å². The molecule has 1 saturated carbocycles. The topological polar surface area (TPSA) is 61.6 Å². The van der Waals surface area contributed by atoms with Crippen molar-refractivity contribution in [1.29, 1.82) is 0 Å². The molecule has 4 rings (SSSR count). The van der Waals surface area contributed by atoms with Gasteiger partial charge in [0, 0.05) is 44.8 Å². The highest BCUT2D eigenvalue weighted by Crippen LogP contribution is 2.25. The summed E-state index contributed by atoms with van der Waals surface area (Å²) in [6.45, 7) is 5.09. The summed E-state index contributed by atoms with van der Waals surface area (Å²) in [7, 11) is 0. The Hall–Kier alpha value is -1.70. The van der Waals surface area contributed by atoms with Gasteiger partial charge in [0.1, 0.15) is 0 Å². The average Bonchev–Trinajstić information content (AvgIpc) is 3.04. The fourth-order valence-corrected chi connectivity index (χ4v) is 3.63. The van der Waals surface area contributed by atoms with Crippen molar-refractivity contribution in [2.45, 2.75) is 25.4 Å². The van der Waals surface area contributed by atoms with Crippen LogP contribution in [0.4, 0.5) is 0 Å². The predicted molar refractivity (Wildman–Crippen MR) is 92.7 cm³/mol. The van der Waals surface area contributed by atoms with Crippen LogP contribution in [0.2, 0.25) is 0 Å². The Morgan fingerprint density at radius 3 is 2.79 bits per heavy atom. The second-order valence-corrected chi connectivity index (χ2v) is 7.50. The lowest BCUT2D eigenvalue weighted by molar-refractivity contribution is -0.122. The highest BCUT2D eigenvalue weighted by molar-refractivity contribution is 7.13. The molecular weight excluding hydrogens is 324 g/mol. The monoisotopic (exact) mass is 346 g/mol. The Balaban J connectivity index is 1.23. The summed E-state index contributed by atoms with van der Waals surface area (Å²) in [5.74, 6) is 1.01. The summed E-state index contributed by atoms with van der Waals surface area (Å²) >= 11 is 1.66. The van der Waals surface area contributed by atoms with Crippen molar-refractivity contribution in [2.75, 3.05) is 32.7 Å². The van der Waals surface area contributed by atoms with Crippen LogP contribution in [0.1, 0.15) is 18.5 Å². The minimum atomic E-state index is 0.169. The largest absolute Gasteiger partial charge is 0.355 e. The summed E-state index contributed by atoms with van der Waals surface area (Å²) in [5.41, 5.74) is 0.971. The first kappa shape index (κ1) is 15.8. The van der Waals surface area contributed by atoms with Gasteiger partial charge in [0.25, 0.3) is 0 Å². The van der Waals surface area contributed by atoms with E-state index in [0.717, 1.165) is 61.9 Å². The van der Waals surface area contributed by atoms with E-state index in [1.165, 1.54) is 0 Å². The number of hydrogen-bond donors (Lipinski definition) is 1. The van der Waals surface area contributed by atoms with Gasteiger partial charge in [0.15, 0.2) is 5.76 Å². The summed E-state index contributed by atoms with van der Waals surface area (Å²) in [6.07, 6.45) is 2.29. The SMILES string of the molecule is O=C(CN1CCN(Cc2cc(-c3cccs3)on2)CC1)NC1CC1. The molecule has 2 aromatic heterocycles. The van der Waals surface area contributed by atoms with Crippen molar-refractivity contribution in [3.8, 4) is 10.6 Å². The van der Waals surface area contributed by atoms with Crippen LogP contribution in [0.15, 0.2) is 28.1 Å². The Morgan fingerprint density at radius 1 is 1.29 bits per heavy atom. The van der Waals surface area contributed by atoms with E-state index in [4.69, 9.17) is 4.52 Å². The molecule has 3 heterocycles. The smallest absolute Gasteiger partial charge is 0.234 e. The Bertz CT molecular complexity index is 673. The van der Waals surface area contributed by atoms with Crippen molar-refractivity contribution in [1.82, 2.24) is 20.3 Å². The van der Waals surface area contributed by atoms with Gasteiger partial charge in [-0.05, 0) is 24.3 Å². The van der Waals surface area contributed by atoms with Crippen LogP contribution < -0.4 is 5.32 Å². The molecule has 0 aromatic carbocycles. The molecule has 7 heteroatoms. The quantitative estimate of drug-likeness (QED) is 0.864. The van der Waals surface area contributed by atoms with E-state index in [0.29, 0.717) is 12.6 Å². The number of carbonyl (C=O) groups is 1. The van der Waals surface area contributed by atoms with Crippen LogP contribution in [-0.4, -0.2) is 59.6 Å². The van der Waals surface area contributed by atoms with Gasteiger partial charge in [-0.15, -0.1) is 11.3 Å². The van der Waals surface area contributed by atoms with E-state index in [1.807, 2.05) is 23.6 Å². The molecular formula is C17H22N4O2S. The van der Waals surface area contributed by atoms with Gasteiger partial charge in [-0.3, -0.25) is 14.6 Å². The van der Waals surface area contributed by atoms with Crippen LogP contribution in [-0.2, 0) is 11.3 Å². The average molecular weight is 346 g/mol. The summed E-state index contributed by atoms with van der Waals surface area (Å²) < 4.78 is 5.44. The van der Waals surface area contributed by atoms with Gasteiger partial charge in [-0.2, -0.15) is 0 Å². The maximum atomic E-state index is 11.9. The number of hydrogen-bond acceptors (Lipinski definition) is 6. The number of carbonyl (C=O) groups excluding carboxylic acids is 1. The third-order valence-electron chi connectivity index (χ3n) is 4.48. The van der Waals surface area contributed by atoms with Crippen LogP contribution in [0.3, 0.4) is 0 Å². The normalized spacial score (nSPS) is 19.5. The molecule has 6 nitrogen and oxygen atoms in total. The lowest BCUT2D eigenvalue weighted by atomic mass is 10.2. The number of aromatic nitrogens is 1. The molecule has 1 amide bonds. The maximum absolute atomic E-state index is 11.9. The molecule has 0 unspecified atom stereocenters. The van der Waals surface area contributed by atoms with E-state index in [1.54, 1.807) is 11.3 Å². The number of nitrogens with one attached hydrogen (secondary N) is 1. The van der Waals surface area contributed by atoms with Gasteiger partial charge in [-0.1, -0.05) is 11.2 Å². The van der Waals surface area contributed by atoms with Crippen LogP contribution in [0.5, 0.6) is 0 Å². The van der Waals surface area contributed by atoms with Gasteiger partial charge >= 0.3 is 0 Å². The minimum Gasteiger partial charge on any atom is -0.355 e. The van der Waals surface area contributed by atoms with Crippen molar-refractivity contribution in [3.63, 3.8) is 0 Å². The molecule has 128 valence electrons. The summed E-state index contributed by atoms with van der Waals surface area (Å²) in [4.78, 5) is 17.6. The van der Waals surface area contributed by atoms with Gasteiger partial charge in [0.2, 0.25) is 5.91 Å². The number of piperazine rings is 1. The van der Waals surface area contributed by atoms with Crippen molar-refractivity contribution < 1.29 is 9.32 Å². The molecule has 0 bridgehead atoms. The Kier molecular flexibility index (Phi) is 4.64. The first-order valence-corrected chi connectivity index (χ1v) is 9.38. The fourth-order valence-electron chi connectivity index (χ4n) is 2.96. The standard InChI is InChI=1S/C17H22N4O2S/c22-17(18-13-3-4-13)12-21-7-5-20(6-8-21)11-14-10-15(23-19-14)16-2-1-9-24-16/h1-2,9-10,13H,3-8,11-12H2,(H,18,22). The molecule has 0 spiro atoms. The lowest BCUT2D eigenvalue weighted by Gasteiger charge is -2.33. The minimum absolute atomic E-state index is 0.169. The Labute approximate surface area is 145 Å². The molecule has 1 N–H and O–H groups in total. The molecule has 2 aromatic rings. The number of amides is 1. The van der Waals surface area contributed by atoms with Gasteiger partial charge in [0.05, 0.1) is 17.1 Å². The number of rotatable bonds is 6. The maximum Gasteiger partial charge on any atom is 0.234 e. The zero-order valence-corrected chi connectivity index (χ0v) is 14.4. The summed E-state index contributed by atoms with van der Waals surface area (Å²) in [5, 5.41) is 9.28. The molecule has 1 saturated heterocycles. The molecule has 1 aliphatic carbocycles. The van der Waals surface area contributed by atoms with Crippen LogP contribution >= 0.6 is 11.3 Å². The predicted octanol–water partition coefficient (Wildman–Crippen LogP) is 1.80. The van der Waals surface area contributed by atoms with E-state index >= 15 is 0 Å². The van der Waals surface area contributed by atoms with Crippen LogP contribution in [0.25, 0.3) is 10.6 Å². The zero-order valence-electron chi connectivity index (χ0n) is 13.6. The van der Waals surface area contributed by atoms with Crippen molar-refractivity contribution >= 4 is 17.2 Å². The third-order valence-corrected chi connectivity index (χ3v) is 5.37. The van der Waals surface area contributed by atoms with Gasteiger partial charge in [-0.25, -0.2) is 0 Å². The first-order chi connectivity index (χ1) is 11.8. The molecule has 0 atom stereocenters. The first-order valence-electron chi connectivity index (χ1n) is 8.50. The molecule has 2 fully saturated rings. The fraction of sp³-hybridized carbons (Fsp3) is 0.529. The van der Waals surface area contributed by atoms with E-state index in [2.05, 4.69) is 20.3 Å². The molecule has 24 heavy (non-hydrogen) atoms. The van der Waals surface area contributed by atoms with Crippen molar-refractivity contribution in [3.05, 3.63) is 29.3 Å². The molecule has 2 aliphatic rings. The van der Waals surface area contributed by atoms with Crippen LogP contribution in [0, 0.1) is 0 Å². The van der Waals surface area contributed by atoms with Gasteiger partial charge < -0.3 is 9.84 Å². The van der Waals surface area contributed by atoms with E-state index < -0.39 is 0 Å². The highest BCUT2D eigenvalue weighted by Gasteiger charge is 2.25.